The molecule has 0 bridgehead atoms. The third-order valence-corrected chi connectivity index (χ3v) is 3.70. The Bertz CT molecular complexity index is 725. The fourth-order valence-electron chi connectivity index (χ4n) is 2.47. The molecule has 5 heteroatoms. The third-order valence-electron chi connectivity index (χ3n) is 3.70. The van der Waals surface area contributed by atoms with Crippen LogP contribution in [0, 0.1) is 0 Å². The number of hydrogen-bond acceptors (Lipinski definition) is 4. The molecule has 0 saturated heterocycles. The van der Waals surface area contributed by atoms with Gasteiger partial charge in [-0.15, -0.1) is 0 Å². The van der Waals surface area contributed by atoms with Gasteiger partial charge in [-0.2, -0.15) is 0 Å². The molecule has 1 amide bonds. The van der Waals surface area contributed by atoms with Gasteiger partial charge in [0.2, 0.25) is 0 Å². The second kappa shape index (κ2) is 6.87. The van der Waals surface area contributed by atoms with Gasteiger partial charge >= 0.3 is 0 Å². The molecule has 1 aromatic carbocycles. The molecule has 0 aliphatic carbocycles. The molecule has 0 unspecified atom stereocenters. The minimum Gasteiger partial charge on any atom is -0.334 e. The molecule has 0 atom stereocenters. The monoisotopic (exact) mass is 306 g/mol. The van der Waals surface area contributed by atoms with Crippen molar-refractivity contribution < 1.29 is 4.79 Å². The summed E-state index contributed by atoms with van der Waals surface area (Å²) in [6.45, 7) is 4.69. The average molecular weight is 306 g/mol. The summed E-state index contributed by atoms with van der Waals surface area (Å²) in [4.78, 5) is 22.1. The average Bonchev–Trinajstić information content (AvgIpc) is 2.58. The molecule has 1 N–H and O–H groups in total. The molecule has 5 nitrogen and oxygen atoms in total. The van der Waals surface area contributed by atoms with Gasteiger partial charge in [0, 0.05) is 37.1 Å². The van der Waals surface area contributed by atoms with Crippen molar-refractivity contribution in [1.82, 2.24) is 20.2 Å². The van der Waals surface area contributed by atoms with Crippen molar-refractivity contribution in [1.29, 1.82) is 0 Å². The lowest BCUT2D eigenvalue weighted by atomic mass is 10.1. The molecule has 1 aromatic heterocycles. The van der Waals surface area contributed by atoms with E-state index in [1.165, 1.54) is 11.9 Å². The lowest BCUT2D eigenvalue weighted by Gasteiger charge is -2.29. The summed E-state index contributed by atoms with van der Waals surface area (Å²) >= 11 is 0. The van der Waals surface area contributed by atoms with Crippen molar-refractivity contribution in [3.8, 4) is 0 Å². The maximum absolute atomic E-state index is 12.1. The first-order chi connectivity index (χ1) is 11.2. The van der Waals surface area contributed by atoms with Crippen molar-refractivity contribution in [2.45, 2.75) is 12.8 Å². The predicted molar refractivity (Wildman–Crippen MR) is 88.0 cm³/mol. The van der Waals surface area contributed by atoms with Gasteiger partial charge < -0.3 is 10.2 Å². The Hall–Kier alpha value is -2.95. The minimum atomic E-state index is -0.116. The van der Waals surface area contributed by atoms with E-state index in [-0.39, 0.29) is 5.91 Å². The summed E-state index contributed by atoms with van der Waals surface area (Å²) in [5.41, 5.74) is 2.84. The molecule has 2 aromatic rings. The largest absolute Gasteiger partial charge is 0.334 e. The SMILES string of the molecule is C=C1NC(=O)C(Cc2cncnc2)=CN1CCc1ccccc1. The summed E-state index contributed by atoms with van der Waals surface area (Å²) in [5, 5.41) is 2.82. The van der Waals surface area contributed by atoms with Crippen molar-refractivity contribution in [3.63, 3.8) is 0 Å². The van der Waals surface area contributed by atoms with E-state index >= 15 is 0 Å². The van der Waals surface area contributed by atoms with Crippen LogP contribution < -0.4 is 5.32 Å². The highest BCUT2D eigenvalue weighted by Crippen LogP contribution is 2.16. The Morgan fingerprint density at radius 2 is 1.83 bits per heavy atom. The van der Waals surface area contributed by atoms with Crippen LogP contribution in [-0.4, -0.2) is 27.3 Å². The van der Waals surface area contributed by atoms with Crippen LogP contribution in [0.1, 0.15) is 11.1 Å². The molecule has 1 aliphatic rings. The van der Waals surface area contributed by atoms with Crippen LogP contribution in [0.4, 0.5) is 0 Å². The van der Waals surface area contributed by atoms with E-state index in [1.807, 2.05) is 29.3 Å². The van der Waals surface area contributed by atoms with E-state index < -0.39 is 0 Å². The number of carbonyl (C=O) groups is 1. The molecule has 0 radical (unpaired) electrons. The lowest BCUT2D eigenvalue weighted by molar-refractivity contribution is -0.117. The van der Waals surface area contributed by atoms with E-state index in [0.29, 0.717) is 17.8 Å². The number of benzene rings is 1. The van der Waals surface area contributed by atoms with Gasteiger partial charge in [0.25, 0.3) is 5.91 Å². The van der Waals surface area contributed by atoms with Crippen molar-refractivity contribution >= 4 is 5.91 Å². The molecule has 0 saturated carbocycles. The molecular weight excluding hydrogens is 288 g/mol. The van der Waals surface area contributed by atoms with Gasteiger partial charge in [0.1, 0.15) is 12.1 Å². The fourth-order valence-corrected chi connectivity index (χ4v) is 2.47. The predicted octanol–water partition coefficient (Wildman–Crippen LogP) is 2.05. The molecule has 116 valence electrons. The summed E-state index contributed by atoms with van der Waals surface area (Å²) in [6.07, 6.45) is 8.18. The summed E-state index contributed by atoms with van der Waals surface area (Å²) in [5.74, 6) is 0.494. The van der Waals surface area contributed by atoms with Crippen molar-refractivity contribution in [2.75, 3.05) is 6.54 Å². The minimum absolute atomic E-state index is 0.116. The van der Waals surface area contributed by atoms with Crippen LogP contribution >= 0.6 is 0 Å². The van der Waals surface area contributed by atoms with Crippen LogP contribution in [0.3, 0.4) is 0 Å². The second-order valence-electron chi connectivity index (χ2n) is 5.41. The highest BCUT2D eigenvalue weighted by atomic mass is 16.2. The van der Waals surface area contributed by atoms with Gasteiger partial charge in [0.15, 0.2) is 0 Å². The van der Waals surface area contributed by atoms with Gasteiger partial charge in [-0.3, -0.25) is 4.79 Å². The molecule has 23 heavy (non-hydrogen) atoms. The number of rotatable bonds is 5. The molecular formula is C18H18N4O. The zero-order chi connectivity index (χ0) is 16.1. The standard InChI is InChI=1S/C18H18N4O/c1-14-21-18(23)17(9-16-10-19-13-20-11-16)12-22(14)8-7-15-5-3-2-4-6-15/h2-6,10-13H,1,7-9H2,(H,21,23). The Morgan fingerprint density at radius 1 is 1.09 bits per heavy atom. The second-order valence-corrected chi connectivity index (χ2v) is 5.41. The first-order valence-corrected chi connectivity index (χ1v) is 7.48. The number of hydrogen-bond donors (Lipinski definition) is 1. The van der Waals surface area contributed by atoms with Gasteiger partial charge in [-0.05, 0) is 17.5 Å². The third kappa shape index (κ3) is 3.83. The zero-order valence-electron chi connectivity index (χ0n) is 12.8. The smallest absolute Gasteiger partial charge is 0.254 e. The van der Waals surface area contributed by atoms with Crippen LogP contribution in [0.25, 0.3) is 0 Å². The molecule has 0 spiro atoms. The number of carbonyl (C=O) groups excluding carboxylic acids is 1. The highest BCUT2D eigenvalue weighted by molar-refractivity contribution is 5.95. The zero-order valence-corrected chi connectivity index (χ0v) is 12.8. The topological polar surface area (TPSA) is 58.1 Å². The summed E-state index contributed by atoms with van der Waals surface area (Å²) < 4.78 is 0. The van der Waals surface area contributed by atoms with Crippen LogP contribution in [0.2, 0.25) is 0 Å². The molecule has 1 aliphatic heterocycles. The van der Waals surface area contributed by atoms with Gasteiger partial charge in [0.05, 0.1) is 0 Å². The fraction of sp³-hybridized carbons (Fsp3) is 0.167. The first kappa shape index (κ1) is 15.0. The Labute approximate surface area is 135 Å². The van der Waals surface area contributed by atoms with E-state index in [9.17, 15) is 4.79 Å². The van der Waals surface area contributed by atoms with Crippen molar-refractivity contribution in [3.05, 3.63) is 84.4 Å². The van der Waals surface area contributed by atoms with E-state index in [4.69, 9.17) is 0 Å². The Morgan fingerprint density at radius 3 is 2.57 bits per heavy atom. The molecule has 3 rings (SSSR count). The van der Waals surface area contributed by atoms with E-state index in [2.05, 4.69) is 34.0 Å². The maximum atomic E-state index is 12.1. The van der Waals surface area contributed by atoms with Crippen LogP contribution in [0.15, 0.2) is 73.2 Å². The number of nitrogens with zero attached hydrogens (tertiary/aromatic N) is 3. The highest BCUT2D eigenvalue weighted by Gasteiger charge is 2.20. The first-order valence-electron chi connectivity index (χ1n) is 7.48. The number of nitrogens with one attached hydrogen (secondary N) is 1. The Balaban J connectivity index is 1.71. The normalized spacial score (nSPS) is 14.4. The van der Waals surface area contributed by atoms with Crippen LogP contribution in [0.5, 0.6) is 0 Å². The number of amides is 1. The molecule has 0 fully saturated rings. The maximum Gasteiger partial charge on any atom is 0.254 e. The summed E-state index contributed by atoms with van der Waals surface area (Å²) in [7, 11) is 0. The number of aromatic nitrogens is 2. The van der Waals surface area contributed by atoms with E-state index in [1.54, 1.807) is 12.4 Å². The van der Waals surface area contributed by atoms with Gasteiger partial charge in [-0.1, -0.05) is 36.9 Å². The Kier molecular flexibility index (Phi) is 4.47. The van der Waals surface area contributed by atoms with Crippen LogP contribution in [-0.2, 0) is 17.6 Å². The molecule has 2 heterocycles. The van der Waals surface area contributed by atoms with Crippen molar-refractivity contribution in [2.24, 2.45) is 0 Å². The lowest BCUT2D eigenvalue weighted by Crippen LogP contribution is -2.39. The van der Waals surface area contributed by atoms with E-state index in [0.717, 1.165) is 18.5 Å². The quantitative estimate of drug-likeness (QED) is 0.918. The van der Waals surface area contributed by atoms with Gasteiger partial charge in [-0.25, -0.2) is 9.97 Å². The summed E-state index contributed by atoms with van der Waals surface area (Å²) in [6, 6.07) is 10.2.